The predicted molar refractivity (Wildman–Crippen MR) is 43.5 cm³/mol. The number of anilines is 2. The highest BCUT2D eigenvalue weighted by Gasteiger charge is 2.05. The molecule has 7 N–H and O–H groups in total. The maximum atomic E-state index is 10.9. The van der Waals surface area contributed by atoms with Crippen molar-refractivity contribution < 1.29 is 4.79 Å². The highest BCUT2D eigenvalue weighted by Crippen LogP contribution is 2.05. The van der Waals surface area contributed by atoms with Crippen LogP contribution in [-0.2, 0) is 4.79 Å². The van der Waals surface area contributed by atoms with Crippen LogP contribution in [0.3, 0.4) is 0 Å². The van der Waals surface area contributed by atoms with Crippen LogP contribution >= 0.6 is 0 Å². The van der Waals surface area contributed by atoms with Crippen molar-refractivity contribution in [1.29, 1.82) is 0 Å². The average molecular weight is 171 g/mol. The molecule has 0 aromatic carbocycles. The Morgan fingerprint density at radius 1 is 1.50 bits per heavy atom. The summed E-state index contributed by atoms with van der Waals surface area (Å²) >= 11 is 0. The molecule has 1 aromatic heterocycles. The lowest BCUT2D eigenvalue weighted by Gasteiger charge is -1.98. The fourth-order valence-electron chi connectivity index (χ4n) is 0.722. The highest BCUT2D eigenvalue weighted by atomic mass is 16.1. The third-order valence-electron chi connectivity index (χ3n) is 1.25. The molecule has 0 bridgehead atoms. The molecule has 0 atom stereocenters. The Morgan fingerprint density at radius 2 is 2.17 bits per heavy atom. The maximum absolute atomic E-state index is 10.9. The number of nitrogens with one attached hydrogen (secondary N) is 3. The van der Waals surface area contributed by atoms with Gasteiger partial charge in [0.1, 0.15) is 11.5 Å². The largest absolute Gasteiger partial charge is 0.382 e. The smallest absolute Gasteiger partial charge is 0.289 e. The third-order valence-corrected chi connectivity index (χ3v) is 1.25. The first-order chi connectivity index (χ1) is 5.61. The van der Waals surface area contributed by atoms with E-state index in [9.17, 15) is 9.59 Å². The molecule has 1 heterocycles. The number of hydrogen-bond acceptors (Lipinski definition) is 4. The number of carbonyl (C=O) groups excluding carboxylic acids is 1. The summed E-state index contributed by atoms with van der Waals surface area (Å²) in [7, 11) is 0. The zero-order chi connectivity index (χ0) is 9.14. The molecule has 0 saturated heterocycles. The first kappa shape index (κ1) is 8.18. The molecule has 0 radical (unpaired) electrons. The van der Waals surface area contributed by atoms with E-state index >= 15 is 0 Å². The number of rotatable bonds is 3. The van der Waals surface area contributed by atoms with Crippen LogP contribution in [0.1, 0.15) is 0 Å². The molecule has 1 rings (SSSR count). The van der Waals surface area contributed by atoms with Gasteiger partial charge in [-0.1, -0.05) is 0 Å². The van der Waals surface area contributed by atoms with Gasteiger partial charge in [-0.15, -0.1) is 0 Å². The minimum absolute atomic E-state index is 0.120. The van der Waals surface area contributed by atoms with Gasteiger partial charge in [0.15, 0.2) is 0 Å². The van der Waals surface area contributed by atoms with E-state index in [1.165, 1.54) is 0 Å². The number of amides is 1. The van der Waals surface area contributed by atoms with Crippen molar-refractivity contribution in [2.75, 3.05) is 17.6 Å². The molecule has 7 nitrogen and oxygen atoms in total. The molecular weight excluding hydrogens is 162 g/mol. The van der Waals surface area contributed by atoms with Gasteiger partial charge in [-0.25, -0.2) is 0 Å². The van der Waals surface area contributed by atoms with Crippen LogP contribution in [0.4, 0.5) is 11.5 Å². The topological polar surface area (TPSA) is 130 Å². The van der Waals surface area contributed by atoms with E-state index < -0.39 is 11.5 Å². The third kappa shape index (κ3) is 1.57. The van der Waals surface area contributed by atoms with Gasteiger partial charge in [-0.05, 0) is 0 Å². The summed E-state index contributed by atoms with van der Waals surface area (Å²) < 4.78 is 0. The van der Waals surface area contributed by atoms with Gasteiger partial charge in [-0.2, -0.15) is 0 Å². The number of primary amides is 1. The lowest BCUT2D eigenvalue weighted by Crippen LogP contribution is -2.24. The van der Waals surface area contributed by atoms with Crippen molar-refractivity contribution in [3.8, 4) is 0 Å². The highest BCUT2D eigenvalue weighted by molar-refractivity contribution is 5.79. The second-order valence-corrected chi connectivity index (χ2v) is 2.19. The molecule has 1 amide bonds. The van der Waals surface area contributed by atoms with E-state index in [0.29, 0.717) is 0 Å². The number of aromatic nitrogens is 2. The lowest BCUT2D eigenvalue weighted by molar-refractivity contribution is -0.116. The number of H-pyrrole nitrogens is 2. The van der Waals surface area contributed by atoms with Crippen molar-refractivity contribution in [3.63, 3.8) is 0 Å². The molecule has 0 saturated carbocycles. The van der Waals surface area contributed by atoms with E-state index in [-0.39, 0.29) is 18.1 Å². The Bertz CT molecular complexity index is 338. The van der Waals surface area contributed by atoms with Crippen molar-refractivity contribution >= 4 is 17.4 Å². The zero-order valence-corrected chi connectivity index (χ0v) is 6.18. The maximum Gasteiger partial charge on any atom is 0.289 e. The molecule has 0 spiro atoms. The fourth-order valence-corrected chi connectivity index (χ4v) is 0.722. The molecule has 0 aliphatic carbocycles. The van der Waals surface area contributed by atoms with E-state index in [2.05, 4.69) is 15.5 Å². The molecule has 0 aliphatic rings. The Hall–Kier alpha value is -1.92. The average Bonchev–Trinajstić information content (AvgIpc) is 2.28. The zero-order valence-electron chi connectivity index (χ0n) is 6.18. The molecule has 0 fully saturated rings. The monoisotopic (exact) mass is 171 g/mol. The molecule has 1 aromatic rings. The van der Waals surface area contributed by atoms with E-state index in [1.807, 2.05) is 0 Å². The summed E-state index contributed by atoms with van der Waals surface area (Å²) in [6.45, 7) is -0.120. The van der Waals surface area contributed by atoms with Gasteiger partial charge in [0.05, 0.1) is 6.54 Å². The van der Waals surface area contributed by atoms with Crippen molar-refractivity contribution in [3.05, 3.63) is 10.4 Å². The number of aromatic amines is 2. The summed E-state index contributed by atoms with van der Waals surface area (Å²) in [5.41, 5.74) is 9.90. The summed E-state index contributed by atoms with van der Waals surface area (Å²) in [6, 6.07) is 0. The first-order valence-electron chi connectivity index (χ1n) is 3.19. The summed E-state index contributed by atoms with van der Waals surface area (Å²) in [6.07, 6.45) is 0. The fraction of sp³-hybridized carbons (Fsp3) is 0.200. The van der Waals surface area contributed by atoms with Crippen LogP contribution in [0.2, 0.25) is 0 Å². The van der Waals surface area contributed by atoms with Crippen LogP contribution < -0.4 is 22.3 Å². The predicted octanol–water partition coefficient (Wildman–Crippen LogP) is -1.82. The molecule has 7 heteroatoms. The molecule has 12 heavy (non-hydrogen) atoms. The molecule has 0 unspecified atom stereocenters. The summed E-state index contributed by atoms with van der Waals surface area (Å²) in [4.78, 5) is 21.2. The number of nitrogen functional groups attached to an aromatic ring is 1. The Labute approximate surface area is 67.1 Å². The molecule has 66 valence electrons. The van der Waals surface area contributed by atoms with Crippen LogP contribution in [0.5, 0.6) is 0 Å². The number of nitrogens with two attached hydrogens (primary N) is 2. The summed E-state index contributed by atoms with van der Waals surface area (Å²) in [5.74, 6) is -0.406. The van der Waals surface area contributed by atoms with Crippen LogP contribution in [0.25, 0.3) is 0 Å². The van der Waals surface area contributed by atoms with Gasteiger partial charge in [0.2, 0.25) is 5.91 Å². The van der Waals surface area contributed by atoms with Gasteiger partial charge < -0.3 is 16.8 Å². The second kappa shape index (κ2) is 2.99. The number of carbonyl (C=O) groups is 1. The SMILES string of the molecule is NC(=O)CNc1c(N)[nH][nH]c1=O. The van der Waals surface area contributed by atoms with Crippen LogP contribution in [0, 0.1) is 0 Å². The van der Waals surface area contributed by atoms with E-state index in [4.69, 9.17) is 11.5 Å². The molecular formula is C5H9N5O2. The number of hydrogen-bond donors (Lipinski definition) is 5. The normalized spacial score (nSPS) is 9.67. The van der Waals surface area contributed by atoms with E-state index in [1.54, 1.807) is 0 Å². The Kier molecular flexibility index (Phi) is 2.04. The first-order valence-corrected chi connectivity index (χ1v) is 3.19. The minimum Gasteiger partial charge on any atom is -0.382 e. The molecule has 0 aliphatic heterocycles. The van der Waals surface area contributed by atoms with Gasteiger partial charge in [0.25, 0.3) is 5.56 Å². The van der Waals surface area contributed by atoms with Crippen molar-refractivity contribution in [1.82, 2.24) is 10.2 Å². The standard InChI is InChI=1S/C5H9N5O2/c6-2(11)1-8-3-4(7)9-10-5(3)12/h8H,1H2,(H2,6,11)(H4,7,9,10,12). The van der Waals surface area contributed by atoms with Crippen LogP contribution in [0.15, 0.2) is 4.79 Å². The van der Waals surface area contributed by atoms with E-state index in [0.717, 1.165) is 0 Å². The van der Waals surface area contributed by atoms with Gasteiger partial charge in [0, 0.05) is 0 Å². The summed E-state index contributed by atoms with van der Waals surface area (Å²) in [5, 5.41) is 7.11. The second-order valence-electron chi connectivity index (χ2n) is 2.19. The van der Waals surface area contributed by atoms with Crippen molar-refractivity contribution in [2.24, 2.45) is 5.73 Å². The van der Waals surface area contributed by atoms with Crippen molar-refractivity contribution in [2.45, 2.75) is 0 Å². The minimum atomic E-state index is -0.560. The Morgan fingerprint density at radius 3 is 2.58 bits per heavy atom. The van der Waals surface area contributed by atoms with Gasteiger partial charge in [-0.3, -0.25) is 19.8 Å². The lowest BCUT2D eigenvalue weighted by atomic mass is 10.5. The van der Waals surface area contributed by atoms with Crippen LogP contribution in [-0.4, -0.2) is 22.6 Å². The Balaban J connectivity index is 2.75. The van der Waals surface area contributed by atoms with Gasteiger partial charge >= 0.3 is 0 Å². The quantitative estimate of drug-likeness (QED) is 0.366.